The van der Waals surface area contributed by atoms with Gasteiger partial charge in [-0.1, -0.05) is 34.6 Å². The molecular formula is C14H20N2. The summed E-state index contributed by atoms with van der Waals surface area (Å²) in [7, 11) is 0. The summed E-state index contributed by atoms with van der Waals surface area (Å²) in [6, 6.07) is 4.44. The summed E-state index contributed by atoms with van der Waals surface area (Å²) >= 11 is 0. The molecule has 0 bridgehead atoms. The molecule has 2 aromatic heterocycles. The highest BCUT2D eigenvalue weighted by atomic mass is 15.2. The van der Waals surface area contributed by atoms with Crippen molar-refractivity contribution in [2.75, 3.05) is 0 Å². The Hall–Kier alpha value is -1.31. The molecule has 0 atom stereocenters. The van der Waals surface area contributed by atoms with E-state index in [4.69, 9.17) is 0 Å². The first-order valence-electron chi connectivity index (χ1n) is 5.87. The first-order valence-corrected chi connectivity index (χ1v) is 5.87. The Kier molecular flexibility index (Phi) is 2.53. The van der Waals surface area contributed by atoms with Crippen LogP contribution in [0.5, 0.6) is 0 Å². The van der Waals surface area contributed by atoms with Crippen molar-refractivity contribution < 1.29 is 0 Å². The Morgan fingerprint density at radius 3 is 2.50 bits per heavy atom. The molecule has 0 saturated carbocycles. The van der Waals surface area contributed by atoms with Crippen LogP contribution >= 0.6 is 0 Å². The third-order valence-corrected chi connectivity index (χ3v) is 3.01. The number of rotatable bonds is 1. The van der Waals surface area contributed by atoms with Gasteiger partial charge in [0.25, 0.3) is 0 Å². The molecule has 2 nitrogen and oxygen atoms in total. The summed E-state index contributed by atoms with van der Waals surface area (Å²) in [5, 5.41) is 4.45. The van der Waals surface area contributed by atoms with E-state index in [1.165, 1.54) is 16.6 Å². The number of fused-ring (bicyclic) bond motifs is 1. The van der Waals surface area contributed by atoms with Gasteiger partial charge in [-0.25, -0.2) is 4.52 Å². The second kappa shape index (κ2) is 3.62. The predicted octanol–water partition coefficient (Wildman–Crippen LogP) is 3.76. The predicted molar refractivity (Wildman–Crippen MR) is 68.0 cm³/mol. The van der Waals surface area contributed by atoms with Gasteiger partial charge >= 0.3 is 0 Å². The number of aromatic nitrogens is 2. The summed E-state index contributed by atoms with van der Waals surface area (Å²) in [6.07, 6.45) is 4.00. The molecule has 0 aromatic carbocycles. The van der Waals surface area contributed by atoms with Gasteiger partial charge in [0.15, 0.2) is 0 Å². The Bertz CT molecular complexity index is 501. The minimum atomic E-state index is 0.173. The van der Waals surface area contributed by atoms with Gasteiger partial charge in [-0.05, 0) is 34.6 Å². The van der Waals surface area contributed by atoms with Crippen molar-refractivity contribution in [3.05, 3.63) is 35.7 Å². The van der Waals surface area contributed by atoms with E-state index >= 15 is 0 Å². The molecule has 0 radical (unpaired) electrons. The van der Waals surface area contributed by atoms with Gasteiger partial charge in [-0.15, -0.1) is 0 Å². The van der Waals surface area contributed by atoms with Crippen LogP contribution in [0.1, 0.15) is 51.7 Å². The van der Waals surface area contributed by atoms with E-state index in [2.05, 4.69) is 51.9 Å². The fraction of sp³-hybridized carbons (Fsp3) is 0.500. The van der Waals surface area contributed by atoms with Gasteiger partial charge in [0, 0.05) is 6.20 Å². The topological polar surface area (TPSA) is 17.3 Å². The van der Waals surface area contributed by atoms with Crippen molar-refractivity contribution in [3.8, 4) is 0 Å². The largest absolute Gasteiger partial charge is 0.241 e. The molecule has 86 valence electrons. The Morgan fingerprint density at radius 2 is 1.94 bits per heavy atom. The van der Waals surface area contributed by atoms with Crippen LogP contribution in [0.2, 0.25) is 0 Å². The maximum atomic E-state index is 4.45. The Labute approximate surface area is 97.3 Å². The molecule has 0 aliphatic rings. The Balaban J connectivity index is 2.65. The van der Waals surface area contributed by atoms with E-state index in [0.29, 0.717) is 5.92 Å². The summed E-state index contributed by atoms with van der Waals surface area (Å²) in [6.45, 7) is 11.1. The standard InChI is InChI=1S/C14H20N2/c1-10(2)11-8-13-12(14(3,4)5)6-7-16(13)15-9-11/h6-10H,1-5H3. The van der Waals surface area contributed by atoms with Gasteiger partial charge in [-0.2, -0.15) is 5.10 Å². The van der Waals surface area contributed by atoms with Crippen LogP contribution in [-0.2, 0) is 5.41 Å². The zero-order chi connectivity index (χ0) is 11.9. The molecule has 0 amide bonds. The van der Waals surface area contributed by atoms with Crippen LogP contribution in [-0.4, -0.2) is 9.61 Å². The summed E-state index contributed by atoms with van der Waals surface area (Å²) < 4.78 is 1.96. The molecule has 16 heavy (non-hydrogen) atoms. The second-order valence-electron chi connectivity index (χ2n) is 5.75. The SMILES string of the molecule is CC(C)c1cnn2ccc(C(C)(C)C)c2c1. The molecule has 2 rings (SSSR count). The highest BCUT2D eigenvalue weighted by Gasteiger charge is 2.18. The molecule has 0 aliphatic heterocycles. The molecule has 0 unspecified atom stereocenters. The zero-order valence-corrected chi connectivity index (χ0v) is 10.8. The van der Waals surface area contributed by atoms with Crippen molar-refractivity contribution in [1.82, 2.24) is 9.61 Å². The molecule has 0 N–H and O–H groups in total. The lowest BCUT2D eigenvalue weighted by molar-refractivity contribution is 0.595. The average Bonchev–Trinajstić information content (AvgIpc) is 2.58. The monoisotopic (exact) mass is 216 g/mol. The first-order chi connectivity index (χ1) is 7.39. The normalized spacial score (nSPS) is 12.6. The Morgan fingerprint density at radius 1 is 1.25 bits per heavy atom. The molecule has 2 heterocycles. The van der Waals surface area contributed by atoms with Crippen molar-refractivity contribution in [1.29, 1.82) is 0 Å². The molecule has 2 heteroatoms. The van der Waals surface area contributed by atoms with Crippen LogP contribution in [0.25, 0.3) is 5.52 Å². The third-order valence-electron chi connectivity index (χ3n) is 3.01. The molecular weight excluding hydrogens is 196 g/mol. The minimum absolute atomic E-state index is 0.173. The minimum Gasteiger partial charge on any atom is -0.241 e. The fourth-order valence-electron chi connectivity index (χ4n) is 1.95. The maximum absolute atomic E-state index is 4.45. The lowest BCUT2D eigenvalue weighted by Crippen LogP contribution is -2.10. The summed E-state index contributed by atoms with van der Waals surface area (Å²) in [4.78, 5) is 0. The van der Waals surface area contributed by atoms with Crippen molar-refractivity contribution in [2.45, 2.75) is 46.0 Å². The van der Waals surface area contributed by atoms with Crippen molar-refractivity contribution in [2.24, 2.45) is 0 Å². The van der Waals surface area contributed by atoms with Gasteiger partial charge in [-0.3, -0.25) is 0 Å². The van der Waals surface area contributed by atoms with Crippen LogP contribution < -0.4 is 0 Å². The van der Waals surface area contributed by atoms with Gasteiger partial charge < -0.3 is 0 Å². The fourth-order valence-corrected chi connectivity index (χ4v) is 1.95. The van der Waals surface area contributed by atoms with Gasteiger partial charge in [0.2, 0.25) is 0 Å². The van der Waals surface area contributed by atoms with Crippen molar-refractivity contribution in [3.63, 3.8) is 0 Å². The van der Waals surface area contributed by atoms with E-state index in [-0.39, 0.29) is 5.41 Å². The smallest absolute Gasteiger partial charge is 0.0686 e. The number of hydrogen-bond donors (Lipinski definition) is 0. The van der Waals surface area contributed by atoms with E-state index < -0.39 is 0 Å². The average molecular weight is 216 g/mol. The molecule has 0 aliphatic carbocycles. The maximum Gasteiger partial charge on any atom is 0.0686 e. The van der Waals surface area contributed by atoms with Gasteiger partial charge in [0.05, 0.1) is 11.7 Å². The second-order valence-corrected chi connectivity index (χ2v) is 5.75. The molecule has 0 spiro atoms. The van der Waals surface area contributed by atoms with E-state index in [1.54, 1.807) is 0 Å². The van der Waals surface area contributed by atoms with Crippen LogP contribution in [0.15, 0.2) is 24.5 Å². The molecule has 0 fully saturated rings. The van der Waals surface area contributed by atoms with E-state index in [0.717, 1.165) is 0 Å². The highest BCUT2D eigenvalue weighted by molar-refractivity contribution is 5.59. The number of nitrogens with zero attached hydrogens (tertiary/aromatic N) is 2. The van der Waals surface area contributed by atoms with Crippen LogP contribution in [0.4, 0.5) is 0 Å². The summed E-state index contributed by atoms with van der Waals surface area (Å²) in [5.41, 5.74) is 4.07. The lowest BCUT2D eigenvalue weighted by Gasteiger charge is -2.18. The molecule has 2 aromatic rings. The quantitative estimate of drug-likeness (QED) is 0.709. The molecule has 0 saturated heterocycles. The number of hydrogen-bond acceptors (Lipinski definition) is 1. The van der Waals surface area contributed by atoms with E-state index in [9.17, 15) is 0 Å². The third kappa shape index (κ3) is 1.84. The highest BCUT2D eigenvalue weighted by Crippen LogP contribution is 2.28. The summed E-state index contributed by atoms with van der Waals surface area (Å²) in [5.74, 6) is 0.528. The van der Waals surface area contributed by atoms with Crippen LogP contribution in [0.3, 0.4) is 0 Å². The van der Waals surface area contributed by atoms with E-state index in [1.807, 2.05) is 16.9 Å². The zero-order valence-electron chi connectivity index (χ0n) is 10.8. The van der Waals surface area contributed by atoms with Crippen LogP contribution in [0, 0.1) is 0 Å². The lowest BCUT2D eigenvalue weighted by atomic mass is 9.87. The van der Waals surface area contributed by atoms with Crippen molar-refractivity contribution >= 4 is 5.52 Å². The first kappa shape index (κ1) is 11.2. The van der Waals surface area contributed by atoms with Gasteiger partial charge in [0.1, 0.15) is 0 Å².